The predicted octanol–water partition coefficient (Wildman–Crippen LogP) is 1.05. The van der Waals surface area contributed by atoms with Gasteiger partial charge in [0.2, 0.25) is 0 Å². The van der Waals surface area contributed by atoms with Crippen molar-refractivity contribution in [2.75, 3.05) is 32.8 Å². The largest absolute Gasteiger partial charge is 0.508 e. The molecule has 3 rings (SSSR count). The monoisotopic (exact) mass is 427 g/mol. The van der Waals surface area contributed by atoms with Crippen LogP contribution < -0.4 is 11.1 Å². The highest BCUT2D eigenvalue weighted by Gasteiger charge is 2.19. The smallest absolute Gasteiger partial charge is 0.254 e. The highest BCUT2D eigenvalue weighted by atomic mass is 16.5. The van der Waals surface area contributed by atoms with Gasteiger partial charge in [-0.3, -0.25) is 9.59 Å². The summed E-state index contributed by atoms with van der Waals surface area (Å²) in [6.45, 7) is 2.62. The van der Waals surface area contributed by atoms with Crippen LogP contribution in [0.3, 0.4) is 0 Å². The topological polar surface area (TPSA) is 125 Å². The van der Waals surface area contributed by atoms with Crippen LogP contribution in [0.15, 0.2) is 42.5 Å². The molecule has 1 aliphatic heterocycles. The molecule has 0 aliphatic carbocycles. The Kier molecular flexibility index (Phi) is 8.00. The third-order valence-electron chi connectivity index (χ3n) is 5.35. The lowest BCUT2D eigenvalue weighted by Gasteiger charge is -2.26. The Bertz CT molecular complexity index is 895. The van der Waals surface area contributed by atoms with E-state index in [0.717, 1.165) is 11.1 Å². The zero-order valence-electron chi connectivity index (χ0n) is 17.4. The summed E-state index contributed by atoms with van der Waals surface area (Å²) in [7, 11) is 0. The van der Waals surface area contributed by atoms with Crippen LogP contribution in [0.4, 0.5) is 0 Å². The summed E-state index contributed by atoms with van der Waals surface area (Å²) < 4.78 is 5.26. The fourth-order valence-electron chi connectivity index (χ4n) is 3.50. The molecule has 166 valence electrons. The summed E-state index contributed by atoms with van der Waals surface area (Å²) in [5.74, 6) is -0.219. The van der Waals surface area contributed by atoms with Crippen molar-refractivity contribution in [3.05, 3.63) is 64.7 Å². The molecule has 8 nitrogen and oxygen atoms in total. The molecule has 1 atom stereocenters. The third-order valence-corrected chi connectivity index (χ3v) is 5.35. The highest BCUT2D eigenvalue weighted by Crippen LogP contribution is 2.18. The summed E-state index contributed by atoms with van der Waals surface area (Å²) in [5, 5.41) is 22.5. The quantitative estimate of drug-likeness (QED) is 0.499. The average molecular weight is 428 g/mol. The van der Waals surface area contributed by atoms with E-state index >= 15 is 0 Å². The average Bonchev–Trinajstić information content (AvgIpc) is 2.81. The van der Waals surface area contributed by atoms with E-state index in [2.05, 4.69) is 5.32 Å². The summed E-state index contributed by atoms with van der Waals surface area (Å²) >= 11 is 0. The van der Waals surface area contributed by atoms with Gasteiger partial charge in [0.25, 0.3) is 11.8 Å². The first kappa shape index (κ1) is 22.7. The number of aromatic hydroxyl groups is 1. The summed E-state index contributed by atoms with van der Waals surface area (Å²) in [6.07, 6.45) is 0.318. The van der Waals surface area contributed by atoms with Gasteiger partial charge >= 0.3 is 0 Å². The predicted molar refractivity (Wildman–Crippen MR) is 116 cm³/mol. The number of amides is 2. The lowest BCUT2D eigenvalue weighted by atomic mass is 10.0. The lowest BCUT2D eigenvalue weighted by Crippen LogP contribution is -2.40. The first-order chi connectivity index (χ1) is 15.0. The van der Waals surface area contributed by atoms with Gasteiger partial charge in [0.15, 0.2) is 0 Å². The fraction of sp³-hybridized carbons (Fsp3) is 0.391. The minimum atomic E-state index is -0.717. The van der Waals surface area contributed by atoms with E-state index in [1.807, 2.05) is 0 Å². The van der Waals surface area contributed by atoms with Gasteiger partial charge in [-0.05, 0) is 60.4 Å². The number of aliphatic hydroxyl groups is 1. The maximum Gasteiger partial charge on any atom is 0.254 e. The van der Waals surface area contributed by atoms with Crippen LogP contribution >= 0.6 is 0 Å². The Balaban J connectivity index is 1.47. The minimum Gasteiger partial charge on any atom is -0.508 e. The molecule has 0 bridgehead atoms. The molecule has 5 N–H and O–H groups in total. The number of hydrogen-bond acceptors (Lipinski definition) is 6. The zero-order valence-corrected chi connectivity index (χ0v) is 17.4. The standard InChI is InChI=1S/C23H29N3O5/c24-14-19-13-20(27)7-5-16(19)6-8-21(28)15-25-22(29)17-1-3-18(4-2-17)23(30)26-9-11-31-12-10-26/h1-5,7,13,21,27-28H,6,8-12,14-15,24H2,(H,25,29). The molecule has 1 unspecified atom stereocenters. The second-order valence-electron chi connectivity index (χ2n) is 7.54. The normalized spacial score (nSPS) is 14.8. The number of benzene rings is 2. The molecule has 2 amide bonds. The second kappa shape index (κ2) is 10.9. The van der Waals surface area contributed by atoms with Crippen LogP contribution in [-0.2, 0) is 17.7 Å². The number of nitrogens with zero attached hydrogens (tertiary/aromatic N) is 1. The van der Waals surface area contributed by atoms with E-state index in [-0.39, 0.29) is 24.1 Å². The molecule has 1 saturated heterocycles. The van der Waals surface area contributed by atoms with Crippen molar-refractivity contribution in [3.63, 3.8) is 0 Å². The first-order valence-corrected chi connectivity index (χ1v) is 10.4. The van der Waals surface area contributed by atoms with Gasteiger partial charge in [-0.2, -0.15) is 0 Å². The molecule has 1 aliphatic rings. The van der Waals surface area contributed by atoms with Crippen molar-refractivity contribution in [2.45, 2.75) is 25.5 Å². The molecular formula is C23H29N3O5. The van der Waals surface area contributed by atoms with Gasteiger partial charge in [0.1, 0.15) is 5.75 Å². The first-order valence-electron chi connectivity index (χ1n) is 10.4. The summed E-state index contributed by atoms with van der Waals surface area (Å²) in [4.78, 5) is 26.6. The fourth-order valence-corrected chi connectivity index (χ4v) is 3.50. The molecule has 1 heterocycles. The Morgan fingerprint density at radius 1 is 1.06 bits per heavy atom. The molecule has 0 aromatic heterocycles. The summed E-state index contributed by atoms with van der Waals surface area (Å²) in [5.41, 5.74) is 8.46. The van der Waals surface area contributed by atoms with Gasteiger partial charge in [-0.25, -0.2) is 0 Å². The van der Waals surface area contributed by atoms with Crippen molar-refractivity contribution < 1.29 is 24.5 Å². The maximum absolute atomic E-state index is 12.5. The number of morpholine rings is 1. The Hall–Kier alpha value is -2.94. The zero-order chi connectivity index (χ0) is 22.2. The van der Waals surface area contributed by atoms with Crippen LogP contribution in [0.25, 0.3) is 0 Å². The Morgan fingerprint density at radius 3 is 2.42 bits per heavy atom. The molecule has 2 aromatic rings. The second-order valence-corrected chi connectivity index (χ2v) is 7.54. The van der Waals surface area contributed by atoms with Gasteiger partial charge in [-0.1, -0.05) is 6.07 Å². The number of nitrogens with one attached hydrogen (secondary N) is 1. The van der Waals surface area contributed by atoms with Crippen molar-refractivity contribution in [1.82, 2.24) is 10.2 Å². The van der Waals surface area contributed by atoms with Crippen molar-refractivity contribution in [2.24, 2.45) is 5.73 Å². The molecule has 0 radical (unpaired) electrons. The molecule has 0 spiro atoms. The van der Waals surface area contributed by atoms with Crippen LogP contribution in [-0.4, -0.2) is 65.9 Å². The van der Waals surface area contributed by atoms with Gasteiger partial charge in [0, 0.05) is 37.3 Å². The Labute approximate surface area is 181 Å². The van der Waals surface area contributed by atoms with Crippen LogP contribution in [0.5, 0.6) is 5.75 Å². The minimum absolute atomic E-state index is 0.0724. The molecule has 8 heteroatoms. The third kappa shape index (κ3) is 6.27. The molecular weight excluding hydrogens is 398 g/mol. The Morgan fingerprint density at radius 2 is 1.74 bits per heavy atom. The molecule has 0 saturated carbocycles. The highest BCUT2D eigenvalue weighted by molar-refractivity contribution is 5.97. The maximum atomic E-state index is 12.5. The number of aryl methyl sites for hydroxylation is 1. The van der Waals surface area contributed by atoms with Crippen molar-refractivity contribution >= 4 is 11.8 Å². The molecule has 2 aromatic carbocycles. The van der Waals surface area contributed by atoms with Gasteiger partial charge in [0.05, 0.1) is 19.3 Å². The van der Waals surface area contributed by atoms with Gasteiger partial charge in [-0.15, -0.1) is 0 Å². The number of phenols is 1. The van der Waals surface area contributed by atoms with E-state index in [4.69, 9.17) is 10.5 Å². The van der Waals surface area contributed by atoms with E-state index < -0.39 is 6.10 Å². The van der Waals surface area contributed by atoms with E-state index in [9.17, 15) is 19.8 Å². The van der Waals surface area contributed by atoms with Crippen LogP contribution in [0.1, 0.15) is 38.3 Å². The van der Waals surface area contributed by atoms with Crippen molar-refractivity contribution in [1.29, 1.82) is 0 Å². The van der Waals surface area contributed by atoms with Crippen LogP contribution in [0, 0.1) is 0 Å². The number of hydrogen-bond donors (Lipinski definition) is 4. The number of phenolic OH excluding ortho intramolecular Hbond substituents is 1. The lowest BCUT2D eigenvalue weighted by molar-refractivity contribution is 0.0303. The number of carbonyl (C=O) groups is 2. The number of aliphatic hydroxyl groups excluding tert-OH is 1. The number of nitrogens with two attached hydrogens (primary N) is 1. The van der Waals surface area contributed by atoms with Gasteiger partial charge < -0.3 is 30.9 Å². The van der Waals surface area contributed by atoms with E-state index in [1.165, 1.54) is 0 Å². The number of ether oxygens (including phenoxy) is 1. The number of carbonyl (C=O) groups excluding carboxylic acids is 2. The van der Waals surface area contributed by atoms with Crippen LogP contribution in [0.2, 0.25) is 0 Å². The SMILES string of the molecule is NCc1cc(O)ccc1CCC(O)CNC(=O)c1ccc(C(=O)N2CCOCC2)cc1. The van der Waals surface area contributed by atoms with Crippen molar-refractivity contribution in [3.8, 4) is 5.75 Å². The number of rotatable bonds is 8. The van der Waals surface area contributed by atoms with E-state index in [1.54, 1.807) is 47.4 Å². The molecule has 31 heavy (non-hydrogen) atoms. The summed E-state index contributed by atoms with van der Waals surface area (Å²) in [6, 6.07) is 11.5. The molecule has 1 fully saturated rings. The van der Waals surface area contributed by atoms with E-state index in [0.29, 0.717) is 56.8 Å².